The van der Waals surface area contributed by atoms with Crippen molar-refractivity contribution < 1.29 is 10.0 Å². The first-order valence-electron chi connectivity index (χ1n) is 5.01. The number of nitro groups is 1. The second-order valence-corrected chi connectivity index (χ2v) is 4.42. The molecule has 1 aromatic rings. The molecule has 0 atom stereocenters. The number of nitro benzene ring substituents is 1. The Balaban J connectivity index is 2.86. The van der Waals surface area contributed by atoms with Crippen molar-refractivity contribution in [3.63, 3.8) is 0 Å². The molecule has 2 N–H and O–H groups in total. The number of nitrogens with one attached hydrogen (secondary N) is 1. The lowest BCUT2D eigenvalue weighted by Gasteiger charge is -2.19. The summed E-state index contributed by atoms with van der Waals surface area (Å²) in [5.41, 5.74) is 0.784. The molecule has 0 spiro atoms. The van der Waals surface area contributed by atoms with Crippen molar-refractivity contribution in [3.05, 3.63) is 33.9 Å². The SMILES string of the molecule is Cc1ccc([N+](=O)[O-])cc1NCC(C)(C)O. The van der Waals surface area contributed by atoms with E-state index in [0.29, 0.717) is 12.2 Å². The Hall–Kier alpha value is -1.62. The van der Waals surface area contributed by atoms with Crippen LogP contribution in [-0.2, 0) is 0 Å². The summed E-state index contributed by atoms with van der Waals surface area (Å²) in [5.74, 6) is 0. The van der Waals surface area contributed by atoms with Gasteiger partial charge in [0.05, 0.1) is 10.5 Å². The summed E-state index contributed by atoms with van der Waals surface area (Å²) in [6.07, 6.45) is 0. The molecule has 0 heterocycles. The van der Waals surface area contributed by atoms with E-state index in [1.165, 1.54) is 12.1 Å². The molecule has 0 aliphatic carbocycles. The van der Waals surface area contributed by atoms with E-state index in [9.17, 15) is 15.2 Å². The van der Waals surface area contributed by atoms with E-state index in [0.717, 1.165) is 5.56 Å². The fraction of sp³-hybridized carbons (Fsp3) is 0.455. The highest BCUT2D eigenvalue weighted by Gasteiger charge is 2.14. The van der Waals surface area contributed by atoms with Crippen LogP contribution >= 0.6 is 0 Å². The van der Waals surface area contributed by atoms with Gasteiger partial charge in [-0.2, -0.15) is 0 Å². The van der Waals surface area contributed by atoms with Crippen LogP contribution in [0.3, 0.4) is 0 Å². The van der Waals surface area contributed by atoms with E-state index in [1.54, 1.807) is 19.9 Å². The van der Waals surface area contributed by atoms with Crippen molar-refractivity contribution in [2.45, 2.75) is 26.4 Å². The Morgan fingerprint density at radius 1 is 1.50 bits per heavy atom. The lowest BCUT2D eigenvalue weighted by atomic mass is 10.1. The predicted octanol–water partition coefficient (Wildman–Crippen LogP) is 2.09. The maximum absolute atomic E-state index is 10.6. The highest BCUT2D eigenvalue weighted by atomic mass is 16.6. The molecule has 1 aromatic carbocycles. The monoisotopic (exact) mass is 224 g/mol. The minimum absolute atomic E-state index is 0.0452. The fourth-order valence-corrected chi connectivity index (χ4v) is 1.23. The van der Waals surface area contributed by atoms with Gasteiger partial charge in [-0.15, -0.1) is 0 Å². The van der Waals surface area contributed by atoms with E-state index < -0.39 is 10.5 Å². The average Bonchev–Trinajstić information content (AvgIpc) is 2.14. The van der Waals surface area contributed by atoms with Crippen molar-refractivity contribution in [3.8, 4) is 0 Å². The van der Waals surface area contributed by atoms with Crippen molar-refractivity contribution in [2.24, 2.45) is 0 Å². The first-order valence-corrected chi connectivity index (χ1v) is 5.01. The van der Waals surface area contributed by atoms with Gasteiger partial charge in [0.15, 0.2) is 0 Å². The van der Waals surface area contributed by atoms with Crippen molar-refractivity contribution in [1.82, 2.24) is 0 Å². The Morgan fingerprint density at radius 2 is 2.12 bits per heavy atom. The third-order valence-electron chi connectivity index (χ3n) is 2.14. The maximum Gasteiger partial charge on any atom is 0.271 e. The number of aliphatic hydroxyl groups is 1. The largest absolute Gasteiger partial charge is 0.389 e. The average molecular weight is 224 g/mol. The number of hydrogen-bond acceptors (Lipinski definition) is 4. The van der Waals surface area contributed by atoms with Gasteiger partial charge in [-0.3, -0.25) is 10.1 Å². The zero-order valence-electron chi connectivity index (χ0n) is 9.65. The number of benzene rings is 1. The van der Waals surface area contributed by atoms with Gasteiger partial charge >= 0.3 is 0 Å². The molecule has 0 unspecified atom stereocenters. The Bertz CT molecular complexity index is 397. The number of rotatable bonds is 4. The van der Waals surface area contributed by atoms with Crippen LogP contribution in [-0.4, -0.2) is 22.2 Å². The van der Waals surface area contributed by atoms with Crippen LogP contribution < -0.4 is 5.32 Å². The summed E-state index contributed by atoms with van der Waals surface area (Å²) in [6.45, 7) is 5.55. The van der Waals surface area contributed by atoms with Crippen molar-refractivity contribution in [2.75, 3.05) is 11.9 Å². The van der Waals surface area contributed by atoms with Gasteiger partial charge in [0, 0.05) is 24.4 Å². The van der Waals surface area contributed by atoms with Crippen LogP contribution in [0.5, 0.6) is 0 Å². The molecule has 0 radical (unpaired) electrons. The van der Waals surface area contributed by atoms with Crippen LogP contribution in [0, 0.1) is 17.0 Å². The lowest BCUT2D eigenvalue weighted by molar-refractivity contribution is -0.384. The lowest BCUT2D eigenvalue weighted by Crippen LogP contribution is -2.29. The molecule has 0 saturated carbocycles. The molecule has 5 nitrogen and oxygen atoms in total. The minimum atomic E-state index is -0.850. The number of non-ortho nitro benzene ring substituents is 1. The van der Waals surface area contributed by atoms with Gasteiger partial charge < -0.3 is 10.4 Å². The molecule has 0 saturated heterocycles. The third kappa shape index (κ3) is 3.51. The summed E-state index contributed by atoms with van der Waals surface area (Å²) in [6, 6.07) is 4.62. The molecule has 0 aliphatic heterocycles. The predicted molar refractivity (Wildman–Crippen MR) is 62.6 cm³/mol. The Morgan fingerprint density at radius 3 is 2.62 bits per heavy atom. The topological polar surface area (TPSA) is 75.4 Å². The molecule has 88 valence electrons. The standard InChI is InChI=1S/C11H16N2O3/c1-8-4-5-9(13(15)16)6-10(8)12-7-11(2,3)14/h4-6,12,14H,7H2,1-3H3. The van der Waals surface area contributed by atoms with Gasteiger partial charge in [0.25, 0.3) is 5.69 Å². The molecular weight excluding hydrogens is 208 g/mol. The zero-order valence-corrected chi connectivity index (χ0v) is 9.65. The smallest absolute Gasteiger partial charge is 0.271 e. The number of hydrogen-bond donors (Lipinski definition) is 2. The highest BCUT2D eigenvalue weighted by molar-refractivity contribution is 5.56. The fourth-order valence-electron chi connectivity index (χ4n) is 1.23. The number of anilines is 1. The van der Waals surface area contributed by atoms with Crippen LogP contribution in [0.2, 0.25) is 0 Å². The third-order valence-corrected chi connectivity index (χ3v) is 2.14. The minimum Gasteiger partial charge on any atom is -0.389 e. The zero-order chi connectivity index (χ0) is 12.3. The van der Waals surface area contributed by atoms with Crippen molar-refractivity contribution in [1.29, 1.82) is 0 Å². The molecular formula is C11H16N2O3. The molecule has 0 aromatic heterocycles. The first-order chi connectivity index (χ1) is 7.29. The van der Waals surface area contributed by atoms with Gasteiger partial charge in [-0.05, 0) is 26.3 Å². The second-order valence-electron chi connectivity index (χ2n) is 4.42. The Kier molecular flexibility index (Phi) is 3.49. The molecule has 0 fully saturated rings. The molecule has 5 heteroatoms. The van der Waals surface area contributed by atoms with Gasteiger partial charge in [-0.1, -0.05) is 6.07 Å². The summed E-state index contributed by atoms with van der Waals surface area (Å²) in [7, 11) is 0. The molecule has 16 heavy (non-hydrogen) atoms. The summed E-state index contributed by atoms with van der Waals surface area (Å²) in [5, 5.41) is 23.1. The maximum atomic E-state index is 10.6. The van der Waals surface area contributed by atoms with Crippen LogP contribution in [0.25, 0.3) is 0 Å². The summed E-state index contributed by atoms with van der Waals surface area (Å²) < 4.78 is 0. The van der Waals surface area contributed by atoms with Crippen molar-refractivity contribution >= 4 is 11.4 Å². The van der Waals surface area contributed by atoms with E-state index in [1.807, 2.05) is 6.92 Å². The number of nitrogens with zero attached hydrogens (tertiary/aromatic N) is 1. The number of aryl methyl sites for hydroxylation is 1. The molecule has 0 bridgehead atoms. The molecule has 0 amide bonds. The van der Waals surface area contributed by atoms with E-state index in [-0.39, 0.29) is 5.69 Å². The summed E-state index contributed by atoms with van der Waals surface area (Å²) >= 11 is 0. The van der Waals surface area contributed by atoms with E-state index in [4.69, 9.17) is 0 Å². The summed E-state index contributed by atoms with van der Waals surface area (Å²) in [4.78, 5) is 10.2. The first kappa shape index (κ1) is 12.4. The van der Waals surface area contributed by atoms with Gasteiger partial charge in [0.1, 0.15) is 0 Å². The molecule has 0 aliphatic rings. The van der Waals surface area contributed by atoms with Gasteiger partial charge in [0.2, 0.25) is 0 Å². The van der Waals surface area contributed by atoms with E-state index in [2.05, 4.69) is 5.32 Å². The van der Waals surface area contributed by atoms with Crippen LogP contribution in [0.4, 0.5) is 11.4 Å². The highest BCUT2D eigenvalue weighted by Crippen LogP contribution is 2.22. The van der Waals surface area contributed by atoms with Gasteiger partial charge in [-0.25, -0.2) is 0 Å². The second kappa shape index (κ2) is 4.49. The van der Waals surface area contributed by atoms with Crippen LogP contribution in [0.15, 0.2) is 18.2 Å². The van der Waals surface area contributed by atoms with E-state index >= 15 is 0 Å². The van der Waals surface area contributed by atoms with Crippen LogP contribution in [0.1, 0.15) is 19.4 Å². The normalized spacial score (nSPS) is 11.2. The Labute approximate surface area is 94.3 Å². The molecule has 1 rings (SSSR count). The quantitative estimate of drug-likeness (QED) is 0.606.